The summed E-state index contributed by atoms with van der Waals surface area (Å²) in [6, 6.07) is 0. The van der Waals surface area contributed by atoms with Crippen molar-refractivity contribution in [3.8, 4) is 0 Å². The topological polar surface area (TPSA) is 59.3 Å². The standard InChI is InChI=1S/C15H22N6O/c1-19-13-12(11-16-19)14(20-7-9-22-10-8-20)18-15(17-13)21-5-3-2-4-6-21/h11H,2-10H2,1H3. The van der Waals surface area contributed by atoms with Crippen LogP contribution in [0.4, 0.5) is 11.8 Å². The molecule has 22 heavy (non-hydrogen) atoms. The lowest BCUT2D eigenvalue weighted by Gasteiger charge is -2.31. The number of aryl methyl sites for hydroxylation is 1. The van der Waals surface area contributed by atoms with E-state index in [-0.39, 0.29) is 0 Å². The van der Waals surface area contributed by atoms with Gasteiger partial charge in [-0.25, -0.2) is 0 Å². The quantitative estimate of drug-likeness (QED) is 0.830. The van der Waals surface area contributed by atoms with Gasteiger partial charge in [-0.1, -0.05) is 0 Å². The van der Waals surface area contributed by atoms with E-state index in [9.17, 15) is 0 Å². The molecule has 2 fully saturated rings. The van der Waals surface area contributed by atoms with E-state index in [1.807, 2.05) is 17.9 Å². The van der Waals surface area contributed by atoms with Crippen LogP contribution >= 0.6 is 0 Å². The SMILES string of the molecule is Cn1ncc2c(N3CCOCC3)nc(N3CCCCC3)nc21. The highest BCUT2D eigenvalue weighted by Gasteiger charge is 2.22. The van der Waals surface area contributed by atoms with Crippen molar-refractivity contribution in [3.63, 3.8) is 0 Å². The zero-order chi connectivity index (χ0) is 14.9. The van der Waals surface area contributed by atoms with Crippen molar-refractivity contribution in [2.45, 2.75) is 19.3 Å². The van der Waals surface area contributed by atoms with Crippen LogP contribution in [-0.2, 0) is 11.8 Å². The molecule has 0 spiro atoms. The van der Waals surface area contributed by atoms with Gasteiger partial charge in [-0.2, -0.15) is 15.1 Å². The summed E-state index contributed by atoms with van der Waals surface area (Å²) in [5.74, 6) is 1.85. The summed E-state index contributed by atoms with van der Waals surface area (Å²) in [6.45, 7) is 5.36. The highest BCUT2D eigenvalue weighted by atomic mass is 16.5. The molecule has 0 bridgehead atoms. The number of aromatic nitrogens is 4. The Kier molecular flexibility index (Phi) is 3.57. The molecular weight excluding hydrogens is 280 g/mol. The van der Waals surface area contributed by atoms with Crippen molar-refractivity contribution in [1.82, 2.24) is 19.7 Å². The molecule has 0 aromatic carbocycles. The van der Waals surface area contributed by atoms with E-state index in [1.165, 1.54) is 19.3 Å². The second-order valence-corrected chi connectivity index (χ2v) is 6.00. The van der Waals surface area contributed by atoms with Crippen LogP contribution in [0.5, 0.6) is 0 Å². The van der Waals surface area contributed by atoms with Crippen molar-refractivity contribution in [3.05, 3.63) is 6.20 Å². The van der Waals surface area contributed by atoms with Crippen molar-refractivity contribution < 1.29 is 4.74 Å². The number of ether oxygens (including phenoxy) is 1. The van der Waals surface area contributed by atoms with Gasteiger partial charge in [0.05, 0.1) is 24.8 Å². The highest BCUT2D eigenvalue weighted by molar-refractivity contribution is 5.88. The Hall–Kier alpha value is -1.89. The minimum absolute atomic E-state index is 0.755. The maximum Gasteiger partial charge on any atom is 0.229 e. The number of hydrogen-bond acceptors (Lipinski definition) is 6. The molecule has 0 aliphatic carbocycles. The van der Waals surface area contributed by atoms with Crippen molar-refractivity contribution in [1.29, 1.82) is 0 Å². The average Bonchev–Trinajstić information content (AvgIpc) is 2.97. The molecule has 118 valence electrons. The molecule has 2 aliphatic heterocycles. The van der Waals surface area contributed by atoms with Gasteiger partial charge in [-0.15, -0.1) is 0 Å². The lowest BCUT2D eigenvalue weighted by molar-refractivity contribution is 0.122. The summed E-state index contributed by atoms with van der Waals surface area (Å²) < 4.78 is 7.31. The largest absolute Gasteiger partial charge is 0.378 e. The van der Waals surface area contributed by atoms with Gasteiger partial charge in [0.1, 0.15) is 5.82 Å². The normalized spacial score (nSPS) is 19.9. The van der Waals surface area contributed by atoms with Crippen molar-refractivity contribution in [2.75, 3.05) is 49.2 Å². The van der Waals surface area contributed by atoms with E-state index >= 15 is 0 Å². The summed E-state index contributed by atoms with van der Waals surface area (Å²) in [5.41, 5.74) is 0.914. The molecule has 7 nitrogen and oxygen atoms in total. The Morgan fingerprint density at radius 2 is 1.73 bits per heavy atom. The van der Waals surface area contributed by atoms with Crippen LogP contribution in [-0.4, -0.2) is 59.1 Å². The van der Waals surface area contributed by atoms with Crippen LogP contribution in [0.25, 0.3) is 11.0 Å². The molecular formula is C15H22N6O. The minimum atomic E-state index is 0.755. The number of fused-ring (bicyclic) bond motifs is 1. The van der Waals surface area contributed by atoms with Crippen molar-refractivity contribution >= 4 is 22.8 Å². The monoisotopic (exact) mass is 302 g/mol. The third-order valence-electron chi connectivity index (χ3n) is 4.51. The number of hydrogen-bond donors (Lipinski definition) is 0. The molecule has 0 amide bonds. The Morgan fingerprint density at radius 3 is 2.50 bits per heavy atom. The molecule has 2 aromatic rings. The van der Waals surface area contributed by atoms with Gasteiger partial charge in [0.25, 0.3) is 0 Å². The van der Waals surface area contributed by atoms with Crippen LogP contribution in [0.3, 0.4) is 0 Å². The Bertz CT molecular complexity index is 657. The second kappa shape index (κ2) is 5.72. The Labute approximate surface area is 129 Å². The molecule has 4 heterocycles. The van der Waals surface area contributed by atoms with Gasteiger partial charge in [-0.05, 0) is 19.3 Å². The Morgan fingerprint density at radius 1 is 0.955 bits per heavy atom. The summed E-state index contributed by atoms with van der Waals surface area (Å²) in [6.07, 6.45) is 5.63. The fourth-order valence-corrected chi connectivity index (χ4v) is 3.25. The molecule has 2 aromatic heterocycles. The van der Waals surface area contributed by atoms with Gasteiger partial charge in [0.15, 0.2) is 5.65 Å². The molecule has 7 heteroatoms. The first-order chi connectivity index (χ1) is 10.8. The zero-order valence-electron chi connectivity index (χ0n) is 13.0. The smallest absolute Gasteiger partial charge is 0.229 e. The first-order valence-electron chi connectivity index (χ1n) is 8.10. The van der Waals surface area contributed by atoms with Gasteiger partial charge >= 0.3 is 0 Å². The summed E-state index contributed by atoms with van der Waals surface area (Å²) in [7, 11) is 1.94. The van der Waals surface area contributed by atoms with Crippen LogP contribution < -0.4 is 9.80 Å². The third-order valence-corrected chi connectivity index (χ3v) is 4.51. The lowest BCUT2D eigenvalue weighted by atomic mass is 10.1. The van der Waals surface area contributed by atoms with E-state index in [0.29, 0.717) is 0 Å². The molecule has 2 saturated heterocycles. The molecule has 2 aliphatic rings. The summed E-state index contributed by atoms with van der Waals surface area (Å²) >= 11 is 0. The van der Waals surface area contributed by atoms with E-state index in [1.54, 1.807) is 0 Å². The van der Waals surface area contributed by atoms with Gasteiger partial charge in [0.2, 0.25) is 5.95 Å². The highest BCUT2D eigenvalue weighted by Crippen LogP contribution is 2.27. The lowest BCUT2D eigenvalue weighted by Crippen LogP contribution is -2.37. The van der Waals surface area contributed by atoms with E-state index in [2.05, 4.69) is 14.9 Å². The maximum atomic E-state index is 5.47. The van der Waals surface area contributed by atoms with Crippen LogP contribution in [0.15, 0.2) is 6.20 Å². The predicted octanol–water partition coefficient (Wildman–Crippen LogP) is 1.19. The molecule has 0 saturated carbocycles. The van der Waals surface area contributed by atoms with E-state index in [4.69, 9.17) is 14.7 Å². The van der Waals surface area contributed by atoms with Crippen molar-refractivity contribution in [2.24, 2.45) is 7.05 Å². The molecule has 0 unspecified atom stereocenters. The fraction of sp³-hybridized carbons (Fsp3) is 0.667. The predicted molar refractivity (Wildman–Crippen MR) is 85.4 cm³/mol. The zero-order valence-corrected chi connectivity index (χ0v) is 13.0. The fourth-order valence-electron chi connectivity index (χ4n) is 3.25. The number of rotatable bonds is 2. The number of nitrogens with zero attached hydrogens (tertiary/aromatic N) is 6. The average molecular weight is 302 g/mol. The number of piperidine rings is 1. The van der Waals surface area contributed by atoms with Gasteiger partial charge in [-0.3, -0.25) is 4.68 Å². The van der Waals surface area contributed by atoms with Gasteiger partial charge in [0, 0.05) is 33.2 Å². The van der Waals surface area contributed by atoms with Crippen LogP contribution in [0.1, 0.15) is 19.3 Å². The molecule has 0 N–H and O–H groups in total. The van der Waals surface area contributed by atoms with Gasteiger partial charge < -0.3 is 14.5 Å². The van der Waals surface area contributed by atoms with E-state index in [0.717, 1.165) is 62.2 Å². The molecule has 0 radical (unpaired) electrons. The number of anilines is 2. The third kappa shape index (κ3) is 2.39. The second-order valence-electron chi connectivity index (χ2n) is 6.00. The first-order valence-corrected chi connectivity index (χ1v) is 8.10. The molecule has 0 atom stereocenters. The molecule has 4 rings (SSSR count). The summed E-state index contributed by atoms with van der Waals surface area (Å²) in [5, 5.41) is 5.41. The van der Waals surface area contributed by atoms with Crippen LogP contribution in [0, 0.1) is 0 Å². The first kappa shape index (κ1) is 13.8. The minimum Gasteiger partial charge on any atom is -0.378 e. The Balaban J connectivity index is 1.78. The summed E-state index contributed by atoms with van der Waals surface area (Å²) in [4.78, 5) is 14.3. The maximum absolute atomic E-state index is 5.47. The van der Waals surface area contributed by atoms with Crippen LogP contribution in [0.2, 0.25) is 0 Å². The number of morpholine rings is 1. The van der Waals surface area contributed by atoms with E-state index < -0.39 is 0 Å².